The van der Waals surface area contributed by atoms with Gasteiger partial charge in [0.15, 0.2) is 0 Å². The van der Waals surface area contributed by atoms with E-state index in [1.165, 1.54) is 24.5 Å². The lowest BCUT2D eigenvalue weighted by atomic mass is 10.1. The zero-order chi connectivity index (χ0) is 24.6. The Morgan fingerprint density at radius 3 is 2.97 bits per heavy atom. The van der Waals surface area contributed by atoms with Crippen LogP contribution in [0.5, 0.6) is 5.75 Å². The second-order valence-corrected chi connectivity index (χ2v) is 8.45. The van der Waals surface area contributed by atoms with Crippen LogP contribution in [-0.2, 0) is 9.53 Å². The summed E-state index contributed by atoms with van der Waals surface area (Å²) in [5.41, 5.74) is 1.65. The van der Waals surface area contributed by atoms with Crippen LogP contribution in [0.3, 0.4) is 0 Å². The first-order valence-electron chi connectivity index (χ1n) is 11.4. The van der Waals surface area contributed by atoms with Crippen LogP contribution in [-0.4, -0.2) is 60.2 Å². The molecule has 2 heterocycles. The molecule has 0 aliphatic carbocycles. The lowest BCUT2D eigenvalue weighted by Crippen LogP contribution is -2.28. The van der Waals surface area contributed by atoms with Crippen molar-refractivity contribution < 1.29 is 18.7 Å². The first kappa shape index (κ1) is 24.8. The highest BCUT2D eigenvalue weighted by Gasteiger charge is 2.14. The number of rotatable bonds is 9. The largest absolute Gasteiger partial charge is 0.491 e. The van der Waals surface area contributed by atoms with Crippen LogP contribution in [0.15, 0.2) is 49.3 Å². The Labute approximate surface area is 208 Å². The number of hydrogen-bond donors (Lipinski definition) is 2. The third-order valence-electron chi connectivity index (χ3n) is 5.55. The molecule has 8 nitrogen and oxygen atoms in total. The van der Waals surface area contributed by atoms with Gasteiger partial charge >= 0.3 is 0 Å². The average molecular weight is 500 g/mol. The van der Waals surface area contributed by atoms with Gasteiger partial charge in [-0.2, -0.15) is 0 Å². The number of fused-ring (bicyclic) bond motifs is 1. The van der Waals surface area contributed by atoms with Crippen molar-refractivity contribution in [1.29, 1.82) is 0 Å². The minimum atomic E-state index is -0.509. The van der Waals surface area contributed by atoms with Gasteiger partial charge in [-0.1, -0.05) is 18.2 Å². The molecule has 0 atom stereocenters. The number of carbonyl (C=O) groups is 1. The molecule has 1 saturated heterocycles. The Balaban J connectivity index is 1.54. The number of nitrogens with zero attached hydrogens (tertiary/aromatic N) is 3. The molecule has 2 N–H and O–H groups in total. The van der Waals surface area contributed by atoms with Crippen molar-refractivity contribution in [2.24, 2.45) is 0 Å². The molecular formula is C25H27ClFN5O3. The van der Waals surface area contributed by atoms with Crippen LogP contribution in [0.4, 0.5) is 21.6 Å². The van der Waals surface area contributed by atoms with Crippen LogP contribution < -0.4 is 15.4 Å². The van der Waals surface area contributed by atoms with Crippen molar-refractivity contribution in [3.8, 4) is 5.75 Å². The molecular weight excluding hydrogens is 473 g/mol. The normalized spacial score (nSPS) is 14.3. The minimum absolute atomic E-state index is 0.00400. The maximum absolute atomic E-state index is 13.5. The Morgan fingerprint density at radius 2 is 2.14 bits per heavy atom. The predicted octanol–water partition coefficient (Wildman–Crippen LogP) is 4.78. The lowest BCUT2D eigenvalue weighted by molar-refractivity contribution is -0.111. The SMILES string of the molecule is C=CC(=O)Nc1cc2c(Nc3ccc(F)c(Cl)c3)ncnc2cc1OCCCN1CCCOCC1. The molecule has 0 saturated carbocycles. The minimum Gasteiger partial charge on any atom is -0.491 e. The number of halogens is 2. The Kier molecular flexibility index (Phi) is 8.46. The number of amides is 1. The van der Waals surface area contributed by atoms with E-state index in [1.807, 2.05) is 0 Å². The van der Waals surface area contributed by atoms with Gasteiger partial charge in [-0.25, -0.2) is 14.4 Å². The van der Waals surface area contributed by atoms with Crippen molar-refractivity contribution in [3.63, 3.8) is 0 Å². The highest BCUT2D eigenvalue weighted by molar-refractivity contribution is 6.31. The fraction of sp³-hybridized carbons (Fsp3) is 0.320. The van der Waals surface area contributed by atoms with E-state index in [9.17, 15) is 9.18 Å². The second kappa shape index (κ2) is 11.9. The molecule has 1 aromatic heterocycles. The Bertz CT molecular complexity index is 1200. The summed E-state index contributed by atoms with van der Waals surface area (Å²) < 4.78 is 25.1. The molecule has 1 aliphatic heterocycles. The van der Waals surface area contributed by atoms with Crippen LogP contribution in [0.2, 0.25) is 5.02 Å². The molecule has 0 spiro atoms. The van der Waals surface area contributed by atoms with Crippen molar-refractivity contribution in [1.82, 2.24) is 14.9 Å². The molecule has 0 unspecified atom stereocenters. The molecule has 1 aliphatic rings. The number of anilines is 3. The maximum atomic E-state index is 13.5. The monoisotopic (exact) mass is 499 g/mol. The van der Waals surface area contributed by atoms with E-state index in [2.05, 4.69) is 32.1 Å². The van der Waals surface area contributed by atoms with Crippen LogP contribution >= 0.6 is 11.6 Å². The van der Waals surface area contributed by atoms with Crippen molar-refractivity contribution in [2.75, 3.05) is 50.1 Å². The summed E-state index contributed by atoms with van der Waals surface area (Å²) in [5, 5.41) is 6.57. The zero-order valence-corrected chi connectivity index (χ0v) is 20.0. The third kappa shape index (κ3) is 6.66. The molecule has 0 radical (unpaired) electrons. The van der Waals surface area contributed by atoms with E-state index in [0.717, 1.165) is 45.7 Å². The fourth-order valence-electron chi connectivity index (χ4n) is 3.79. The lowest BCUT2D eigenvalue weighted by Gasteiger charge is -2.19. The molecule has 4 rings (SSSR count). The van der Waals surface area contributed by atoms with Gasteiger partial charge in [0.1, 0.15) is 23.7 Å². The topological polar surface area (TPSA) is 88.6 Å². The Morgan fingerprint density at radius 1 is 1.26 bits per heavy atom. The standard InChI is InChI=1S/C25H27ClFN5O3/c1-2-24(33)31-22-14-18-21(15-23(22)35-11-4-8-32-7-3-10-34-12-9-32)28-16-29-25(18)30-17-5-6-20(27)19(26)13-17/h2,5-6,13-16H,1,3-4,7-12H2,(H,31,33)(H,28,29,30). The van der Waals surface area contributed by atoms with Gasteiger partial charge in [0, 0.05) is 43.4 Å². The van der Waals surface area contributed by atoms with Gasteiger partial charge in [0.25, 0.3) is 0 Å². The first-order valence-corrected chi connectivity index (χ1v) is 11.8. The van der Waals surface area contributed by atoms with Gasteiger partial charge in [-0.05, 0) is 43.2 Å². The number of benzene rings is 2. The fourth-order valence-corrected chi connectivity index (χ4v) is 3.97. The first-order chi connectivity index (χ1) is 17.0. The summed E-state index contributed by atoms with van der Waals surface area (Å²) in [7, 11) is 0. The van der Waals surface area contributed by atoms with E-state index < -0.39 is 5.82 Å². The summed E-state index contributed by atoms with van der Waals surface area (Å²) in [5.74, 6) is 0.101. The van der Waals surface area contributed by atoms with E-state index in [-0.39, 0.29) is 10.9 Å². The van der Waals surface area contributed by atoms with E-state index in [1.54, 1.807) is 18.2 Å². The average Bonchev–Trinajstić information content (AvgIpc) is 3.13. The number of carbonyl (C=O) groups excluding carboxylic acids is 1. The third-order valence-corrected chi connectivity index (χ3v) is 5.84. The molecule has 184 valence electrons. The molecule has 1 amide bonds. The number of hydrogen-bond acceptors (Lipinski definition) is 7. The second-order valence-electron chi connectivity index (χ2n) is 8.04. The van der Waals surface area contributed by atoms with Crippen molar-refractivity contribution in [3.05, 3.63) is 60.2 Å². The van der Waals surface area contributed by atoms with E-state index in [0.29, 0.717) is 40.5 Å². The zero-order valence-electron chi connectivity index (χ0n) is 19.2. The molecule has 3 aromatic rings. The van der Waals surface area contributed by atoms with Crippen molar-refractivity contribution in [2.45, 2.75) is 12.8 Å². The molecule has 2 aromatic carbocycles. The summed E-state index contributed by atoms with van der Waals surface area (Å²) >= 11 is 5.91. The molecule has 0 bridgehead atoms. The number of ether oxygens (including phenoxy) is 2. The predicted molar refractivity (Wildman–Crippen MR) is 135 cm³/mol. The van der Waals surface area contributed by atoms with Crippen LogP contribution in [0.1, 0.15) is 12.8 Å². The molecule has 10 heteroatoms. The number of aromatic nitrogens is 2. The molecule has 1 fully saturated rings. The van der Waals surface area contributed by atoms with E-state index in [4.69, 9.17) is 21.1 Å². The smallest absolute Gasteiger partial charge is 0.247 e. The maximum Gasteiger partial charge on any atom is 0.247 e. The quantitative estimate of drug-likeness (QED) is 0.323. The van der Waals surface area contributed by atoms with Gasteiger partial charge in [0.05, 0.1) is 29.4 Å². The summed E-state index contributed by atoms with van der Waals surface area (Å²) in [6, 6.07) is 7.81. The highest BCUT2D eigenvalue weighted by Crippen LogP contribution is 2.34. The Hall–Kier alpha value is -3.27. The van der Waals surface area contributed by atoms with Gasteiger partial charge < -0.3 is 25.0 Å². The summed E-state index contributed by atoms with van der Waals surface area (Å²) in [4.78, 5) is 23.1. The van der Waals surface area contributed by atoms with Gasteiger partial charge in [-0.15, -0.1) is 0 Å². The van der Waals surface area contributed by atoms with Crippen LogP contribution in [0, 0.1) is 5.82 Å². The van der Waals surface area contributed by atoms with Crippen molar-refractivity contribution >= 4 is 45.6 Å². The number of nitrogens with one attached hydrogen (secondary N) is 2. The van der Waals surface area contributed by atoms with E-state index >= 15 is 0 Å². The van der Waals surface area contributed by atoms with Gasteiger partial charge in [-0.3, -0.25) is 4.79 Å². The molecule has 35 heavy (non-hydrogen) atoms. The highest BCUT2D eigenvalue weighted by atomic mass is 35.5. The summed E-state index contributed by atoms with van der Waals surface area (Å²) in [6.07, 6.45) is 4.47. The van der Waals surface area contributed by atoms with Crippen LogP contribution in [0.25, 0.3) is 10.9 Å². The van der Waals surface area contributed by atoms with Gasteiger partial charge in [0.2, 0.25) is 5.91 Å². The summed E-state index contributed by atoms with van der Waals surface area (Å²) in [6.45, 7) is 8.40.